The van der Waals surface area contributed by atoms with Crippen molar-refractivity contribution >= 4 is 5.95 Å². The summed E-state index contributed by atoms with van der Waals surface area (Å²) in [5.41, 5.74) is 7.78. The Morgan fingerprint density at radius 1 is 1.25 bits per heavy atom. The molecule has 2 heterocycles. The maximum Gasteiger partial charge on any atom is 0.245 e. The van der Waals surface area contributed by atoms with E-state index in [4.69, 9.17) is 5.73 Å². The van der Waals surface area contributed by atoms with Crippen LogP contribution in [0.5, 0.6) is 0 Å². The summed E-state index contributed by atoms with van der Waals surface area (Å²) < 4.78 is 0. The summed E-state index contributed by atoms with van der Waals surface area (Å²) in [6.45, 7) is 6.98. The van der Waals surface area contributed by atoms with Crippen molar-refractivity contribution in [1.29, 1.82) is 0 Å². The van der Waals surface area contributed by atoms with Crippen LogP contribution in [0.4, 0.5) is 5.95 Å². The molecule has 0 spiro atoms. The molecule has 88 valence electrons. The maximum atomic E-state index is 5.94. The Bertz CT molecular complexity index is 379. The molecule has 1 aromatic rings. The van der Waals surface area contributed by atoms with E-state index in [1.54, 1.807) is 0 Å². The Hall–Kier alpha value is -1.23. The van der Waals surface area contributed by atoms with Crippen LogP contribution in [0.1, 0.15) is 31.2 Å². The molecule has 1 fully saturated rings. The van der Waals surface area contributed by atoms with Gasteiger partial charge in [-0.1, -0.05) is 0 Å². The normalized spacial score (nSPS) is 25.9. The van der Waals surface area contributed by atoms with Gasteiger partial charge in [-0.3, -0.25) is 0 Å². The smallest absolute Gasteiger partial charge is 0.245 e. The van der Waals surface area contributed by atoms with Crippen molar-refractivity contribution in [3.63, 3.8) is 0 Å². The summed E-state index contributed by atoms with van der Waals surface area (Å²) in [6.07, 6.45) is 2.00. The van der Waals surface area contributed by atoms with Crippen LogP contribution in [-0.4, -0.2) is 33.8 Å². The fraction of sp³-hybridized carbons (Fsp3) is 0.727. The predicted molar refractivity (Wildman–Crippen MR) is 63.3 cm³/mol. The van der Waals surface area contributed by atoms with Crippen molar-refractivity contribution in [3.8, 4) is 0 Å². The molecule has 0 saturated carbocycles. The average molecular weight is 221 g/mol. The van der Waals surface area contributed by atoms with Gasteiger partial charge in [0.1, 0.15) is 0 Å². The van der Waals surface area contributed by atoms with Crippen LogP contribution in [0.25, 0.3) is 0 Å². The zero-order chi connectivity index (χ0) is 11.7. The summed E-state index contributed by atoms with van der Waals surface area (Å²) in [7, 11) is 0. The Morgan fingerprint density at radius 2 is 2.00 bits per heavy atom. The number of nitrogens with zero attached hydrogens (tertiary/aromatic N) is 4. The molecule has 2 unspecified atom stereocenters. The van der Waals surface area contributed by atoms with Crippen molar-refractivity contribution in [1.82, 2.24) is 15.2 Å². The maximum absolute atomic E-state index is 5.94. The van der Waals surface area contributed by atoms with Crippen LogP contribution in [0.3, 0.4) is 0 Å². The molecule has 1 aliphatic rings. The first kappa shape index (κ1) is 11.3. The molecule has 2 rings (SSSR count). The first-order valence-electron chi connectivity index (χ1n) is 5.78. The van der Waals surface area contributed by atoms with Crippen molar-refractivity contribution in [2.24, 2.45) is 5.73 Å². The topological polar surface area (TPSA) is 67.9 Å². The molecule has 5 nitrogen and oxygen atoms in total. The molecule has 1 aromatic heterocycles. The van der Waals surface area contributed by atoms with Crippen molar-refractivity contribution in [2.75, 3.05) is 11.4 Å². The fourth-order valence-corrected chi connectivity index (χ4v) is 2.07. The van der Waals surface area contributed by atoms with E-state index in [1.807, 2.05) is 13.8 Å². The lowest BCUT2D eigenvalue weighted by Gasteiger charge is -2.36. The number of nitrogens with two attached hydrogens (primary N) is 1. The van der Waals surface area contributed by atoms with Gasteiger partial charge in [0, 0.05) is 18.6 Å². The number of aromatic nitrogens is 3. The third-order valence-electron chi connectivity index (χ3n) is 3.25. The number of hydrogen-bond donors (Lipinski definition) is 1. The van der Waals surface area contributed by atoms with E-state index in [9.17, 15) is 0 Å². The first-order chi connectivity index (χ1) is 7.58. The first-order valence-corrected chi connectivity index (χ1v) is 5.78. The SMILES string of the molecule is Cc1nnc(N2CCC(N)CC2C)nc1C. The molecule has 0 aliphatic carbocycles. The summed E-state index contributed by atoms with van der Waals surface area (Å²) in [5, 5.41) is 8.28. The molecule has 1 saturated heterocycles. The minimum atomic E-state index is 0.311. The zero-order valence-electron chi connectivity index (χ0n) is 10.1. The van der Waals surface area contributed by atoms with Gasteiger partial charge in [0.05, 0.1) is 11.4 Å². The number of anilines is 1. The van der Waals surface area contributed by atoms with E-state index >= 15 is 0 Å². The van der Waals surface area contributed by atoms with Crippen molar-refractivity contribution in [2.45, 2.75) is 45.7 Å². The highest BCUT2D eigenvalue weighted by molar-refractivity contribution is 5.32. The van der Waals surface area contributed by atoms with Gasteiger partial charge in [0.25, 0.3) is 0 Å². The molecule has 1 aliphatic heterocycles. The lowest BCUT2D eigenvalue weighted by atomic mass is 10.00. The highest BCUT2D eigenvalue weighted by Gasteiger charge is 2.25. The second kappa shape index (κ2) is 4.33. The molecular formula is C11H19N5. The highest BCUT2D eigenvalue weighted by Crippen LogP contribution is 2.20. The van der Waals surface area contributed by atoms with Gasteiger partial charge in [-0.25, -0.2) is 4.98 Å². The highest BCUT2D eigenvalue weighted by atomic mass is 15.3. The molecule has 2 N–H and O–H groups in total. The quantitative estimate of drug-likeness (QED) is 0.760. The third-order valence-corrected chi connectivity index (χ3v) is 3.25. The third kappa shape index (κ3) is 2.14. The standard InChI is InChI=1S/C11H19N5/c1-7-6-10(12)4-5-16(7)11-13-8(2)9(3)14-15-11/h7,10H,4-6,12H2,1-3H3. The molecule has 2 atom stereocenters. The summed E-state index contributed by atoms with van der Waals surface area (Å²) in [4.78, 5) is 6.68. The molecular weight excluding hydrogens is 202 g/mol. The molecule has 16 heavy (non-hydrogen) atoms. The molecule has 0 radical (unpaired) electrons. The van der Waals surface area contributed by atoms with E-state index in [2.05, 4.69) is 27.0 Å². The Balaban J connectivity index is 2.20. The van der Waals surface area contributed by atoms with E-state index in [0.717, 1.165) is 36.7 Å². The number of piperidine rings is 1. The van der Waals surface area contributed by atoms with Crippen LogP contribution in [0, 0.1) is 13.8 Å². The Morgan fingerprint density at radius 3 is 2.62 bits per heavy atom. The van der Waals surface area contributed by atoms with Crippen molar-refractivity contribution in [3.05, 3.63) is 11.4 Å². The molecule has 0 amide bonds. The van der Waals surface area contributed by atoms with Crippen LogP contribution in [0.2, 0.25) is 0 Å². The summed E-state index contributed by atoms with van der Waals surface area (Å²) in [5.74, 6) is 0.738. The van der Waals surface area contributed by atoms with Crippen LogP contribution < -0.4 is 10.6 Å². The number of hydrogen-bond acceptors (Lipinski definition) is 5. The average Bonchev–Trinajstić information content (AvgIpc) is 2.22. The van der Waals surface area contributed by atoms with Gasteiger partial charge in [0.15, 0.2) is 0 Å². The minimum absolute atomic E-state index is 0.311. The van der Waals surface area contributed by atoms with Gasteiger partial charge >= 0.3 is 0 Å². The van der Waals surface area contributed by atoms with Crippen LogP contribution in [-0.2, 0) is 0 Å². The van der Waals surface area contributed by atoms with E-state index in [0.29, 0.717) is 12.1 Å². The largest absolute Gasteiger partial charge is 0.337 e. The molecule has 0 aromatic carbocycles. The van der Waals surface area contributed by atoms with E-state index in [-0.39, 0.29) is 0 Å². The monoisotopic (exact) mass is 221 g/mol. The van der Waals surface area contributed by atoms with E-state index < -0.39 is 0 Å². The van der Waals surface area contributed by atoms with Gasteiger partial charge < -0.3 is 10.6 Å². The lowest BCUT2D eigenvalue weighted by Crippen LogP contribution is -2.46. The summed E-state index contributed by atoms with van der Waals surface area (Å²) >= 11 is 0. The Labute approximate surface area is 96.1 Å². The lowest BCUT2D eigenvalue weighted by molar-refractivity contribution is 0.422. The molecule has 5 heteroatoms. The van der Waals surface area contributed by atoms with Crippen molar-refractivity contribution < 1.29 is 0 Å². The number of aryl methyl sites for hydroxylation is 2. The fourth-order valence-electron chi connectivity index (χ4n) is 2.07. The van der Waals surface area contributed by atoms with E-state index in [1.165, 1.54) is 0 Å². The van der Waals surface area contributed by atoms with Gasteiger partial charge in [-0.2, -0.15) is 5.10 Å². The minimum Gasteiger partial charge on any atom is -0.337 e. The van der Waals surface area contributed by atoms with Gasteiger partial charge in [-0.15, -0.1) is 5.10 Å². The predicted octanol–water partition coefficient (Wildman–Crippen LogP) is 0.804. The zero-order valence-corrected chi connectivity index (χ0v) is 10.1. The Kier molecular flexibility index (Phi) is 3.05. The number of rotatable bonds is 1. The van der Waals surface area contributed by atoms with Crippen LogP contribution >= 0.6 is 0 Å². The second-order valence-electron chi connectivity index (χ2n) is 4.61. The summed E-state index contributed by atoms with van der Waals surface area (Å²) in [6, 6.07) is 0.707. The van der Waals surface area contributed by atoms with Gasteiger partial charge in [-0.05, 0) is 33.6 Å². The molecule has 0 bridgehead atoms. The second-order valence-corrected chi connectivity index (χ2v) is 4.61. The van der Waals surface area contributed by atoms with Crippen LogP contribution in [0.15, 0.2) is 0 Å². The van der Waals surface area contributed by atoms with Gasteiger partial charge in [0.2, 0.25) is 5.95 Å².